The Kier molecular flexibility index (Phi) is 3.13. The van der Waals surface area contributed by atoms with Gasteiger partial charge in [0.1, 0.15) is 6.17 Å². The molecule has 0 aromatic rings. The van der Waals surface area contributed by atoms with Crippen LogP contribution in [-0.4, -0.2) is 12.7 Å². The SMILES string of the molecule is NC[C@H](F)C1CCCCC1. The van der Waals surface area contributed by atoms with Crippen molar-refractivity contribution in [3.63, 3.8) is 0 Å². The summed E-state index contributed by atoms with van der Waals surface area (Å²) in [7, 11) is 0. The maximum Gasteiger partial charge on any atom is 0.115 e. The van der Waals surface area contributed by atoms with Crippen LogP contribution in [0.3, 0.4) is 0 Å². The highest BCUT2D eigenvalue weighted by atomic mass is 19.1. The van der Waals surface area contributed by atoms with Gasteiger partial charge in [0.25, 0.3) is 0 Å². The number of rotatable bonds is 2. The molecule has 0 heterocycles. The smallest absolute Gasteiger partial charge is 0.115 e. The van der Waals surface area contributed by atoms with E-state index >= 15 is 0 Å². The second-order valence-corrected chi connectivity index (χ2v) is 3.15. The van der Waals surface area contributed by atoms with Crippen LogP contribution in [-0.2, 0) is 0 Å². The monoisotopic (exact) mass is 145 g/mol. The molecule has 0 radical (unpaired) electrons. The largest absolute Gasteiger partial charge is 0.328 e. The Hall–Kier alpha value is -0.110. The molecule has 0 aliphatic heterocycles. The maximum absolute atomic E-state index is 12.9. The molecule has 10 heavy (non-hydrogen) atoms. The van der Waals surface area contributed by atoms with Crippen LogP contribution in [0.1, 0.15) is 32.1 Å². The molecule has 60 valence electrons. The lowest BCUT2D eigenvalue weighted by molar-refractivity contribution is 0.187. The van der Waals surface area contributed by atoms with Crippen molar-refractivity contribution in [1.29, 1.82) is 0 Å². The summed E-state index contributed by atoms with van der Waals surface area (Å²) < 4.78 is 12.9. The first-order chi connectivity index (χ1) is 4.84. The zero-order valence-electron chi connectivity index (χ0n) is 6.35. The first kappa shape index (κ1) is 7.99. The van der Waals surface area contributed by atoms with Crippen molar-refractivity contribution in [2.75, 3.05) is 6.54 Å². The van der Waals surface area contributed by atoms with Crippen LogP contribution in [0.4, 0.5) is 4.39 Å². The van der Waals surface area contributed by atoms with Gasteiger partial charge in [-0.1, -0.05) is 19.3 Å². The number of alkyl halides is 1. The van der Waals surface area contributed by atoms with Gasteiger partial charge in [0, 0.05) is 6.54 Å². The molecule has 1 rings (SSSR count). The Balaban J connectivity index is 2.24. The van der Waals surface area contributed by atoms with Crippen molar-refractivity contribution < 1.29 is 4.39 Å². The second kappa shape index (κ2) is 3.91. The molecule has 1 aliphatic rings. The Morgan fingerprint density at radius 3 is 2.40 bits per heavy atom. The van der Waals surface area contributed by atoms with Gasteiger partial charge in [0.05, 0.1) is 0 Å². The molecular formula is C8H16FN. The van der Waals surface area contributed by atoms with Gasteiger partial charge in [0.2, 0.25) is 0 Å². The van der Waals surface area contributed by atoms with E-state index in [-0.39, 0.29) is 12.5 Å². The van der Waals surface area contributed by atoms with Gasteiger partial charge in [-0.3, -0.25) is 0 Å². The third kappa shape index (κ3) is 1.94. The van der Waals surface area contributed by atoms with E-state index in [4.69, 9.17) is 5.73 Å². The molecule has 0 aromatic carbocycles. The zero-order valence-corrected chi connectivity index (χ0v) is 6.35. The van der Waals surface area contributed by atoms with E-state index in [0.29, 0.717) is 0 Å². The lowest BCUT2D eigenvalue weighted by Crippen LogP contribution is -2.26. The van der Waals surface area contributed by atoms with Crippen LogP contribution in [0.5, 0.6) is 0 Å². The lowest BCUT2D eigenvalue weighted by Gasteiger charge is -2.23. The Morgan fingerprint density at radius 1 is 1.30 bits per heavy atom. The predicted molar refractivity (Wildman–Crippen MR) is 40.5 cm³/mol. The highest BCUT2D eigenvalue weighted by Crippen LogP contribution is 2.27. The molecule has 0 spiro atoms. The first-order valence-electron chi connectivity index (χ1n) is 4.18. The van der Waals surface area contributed by atoms with Crippen molar-refractivity contribution in [2.45, 2.75) is 38.3 Å². The molecule has 2 heteroatoms. The van der Waals surface area contributed by atoms with Crippen LogP contribution < -0.4 is 5.73 Å². The number of hydrogen-bond donors (Lipinski definition) is 1. The minimum absolute atomic E-state index is 0.213. The standard InChI is InChI=1S/C8H16FN/c9-8(6-10)7-4-2-1-3-5-7/h7-8H,1-6,10H2/t8-/m0/s1. The summed E-state index contributed by atoms with van der Waals surface area (Å²) in [6.07, 6.45) is 5.06. The average Bonchev–Trinajstić information content (AvgIpc) is 2.05. The van der Waals surface area contributed by atoms with Crippen LogP contribution in [0.25, 0.3) is 0 Å². The quantitative estimate of drug-likeness (QED) is 0.630. The van der Waals surface area contributed by atoms with Gasteiger partial charge in [-0.15, -0.1) is 0 Å². The fourth-order valence-electron chi connectivity index (χ4n) is 1.69. The topological polar surface area (TPSA) is 26.0 Å². The highest BCUT2D eigenvalue weighted by molar-refractivity contribution is 4.73. The van der Waals surface area contributed by atoms with E-state index in [1.807, 2.05) is 0 Å². The van der Waals surface area contributed by atoms with E-state index < -0.39 is 6.17 Å². The minimum atomic E-state index is -0.736. The Morgan fingerprint density at radius 2 is 1.90 bits per heavy atom. The van der Waals surface area contributed by atoms with Gasteiger partial charge in [-0.05, 0) is 18.8 Å². The summed E-state index contributed by atoms with van der Waals surface area (Å²) in [5.74, 6) is 0.277. The van der Waals surface area contributed by atoms with Gasteiger partial charge in [0.15, 0.2) is 0 Å². The van der Waals surface area contributed by atoms with Crippen LogP contribution in [0.15, 0.2) is 0 Å². The van der Waals surface area contributed by atoms with Crippen molar-refractivity contribution in [2.24, 2.45) is 11.7 Å². The van der Waals surface area contributed by atoms with Gasteiger partial charge in [-0.2, -0.15) is 0 Å². The zero-order chi connectivity index (χ0) is 7.40. The second-order valence-electron chi connectivity index (χ2n) is 3.15. The molecule has 1 nitrogen and oxygen atoms in total. The van der Waals surface area contributed by atoms with Gasteiger partial charge in [-0.25, -0.2) is 4.39 Å². The molecule has 0 bridgehead atoms. The van der Waals surface area contributed by atoms with Gasteiger partial charge < -0.3 is 5.73 Å². The third-order valence-electron chi connectivity index (χ3n) is 2.39. The van der Waals surface area contributed by atoms with E-state index in [1.165, 1.54) is 19.3 Å². The van der Waals surface area contributed by atoms with Gasteiger partial charge >= 0.3 is 0 Å². The molecule has 0 aromatic heterocycles. The third-order valence-corrected chi connectivity index (χ3v) is 2.39. The van der Waals surface area contributed by atoms with E-state index in [2.05, 4.69) is 0 Å². The van der Waals surface area contributed by atoms with Crippen LogP contribution in [0, 0.1) is 5.92 Å². The summed E-state index contributed by atoms with van der Waals surface area (Å²) in [6.45, 7) is 0.213. The van der Waals surface area contributed by atoms with Crippen LogP contribution >= 0.6 is 0 Å². The summed E-state index contributed by atoms with van der Waals surface area (Å²) in [5, 5.41) is 0. The van der Waals surface area contributed by atoms with Crippen molar-refractivity contribution >= 4 is 0 Å². The fraction of sp³-hybridized carbons (Fsp3) is 1.00. The molecule has 1 fully saturated rings. The molecule has 1 atom stereocenters. The number of nitrogens with two attached hydrogens (primary N) is 1. The van der Waals surface area contributed by atoms with Crippen LogP contribution in [0.2, 0.25) is 0 Å². The van der Waals surface area contributed by atoms with Crippen molar-refractivity contribution in [1.82, 2.24) is 0 Å². The minimum Gasteiger partial charge on any atom is -0.328 e. The molecular weight excluding hydrogens is 129 g/mol. The number of hydrogen-bond acceptors (Lipinski definition) is 1. The summed E-state index contributed by atoms with van der Waals surface area (Å²) >= 11 is 0. The summed E-state index contributed by atoms with van der Waals surface area (Å²) in [4.78, 5) is 0. The van der Waals surface area contributed by atoms with E-state index in [1.54, 1.807) is 0 Å². The molecule has 0 unspecified atom stereocenters. The first-order valence-corrected chi connectivity index (χ1v) is 4.18. The Bertz CT molecular complexity index is 89.3. The Labute approximate surface area is 61.8 Å². The normalized spacial score (nSPS) is 24.6. The van der Waals surface area contributed by atoms with Crippen molar-refractivity contribution in [3.05, 3.63) is 0 Å². The molecule has 2 N–H and O–H groups in total. The summed E-state index contributed by atoms with van der Waals surface area (Å²) in [6, 6.07) is 0. The van der Waals surface area contributed by atoms with Crippen molar-refractivity contribution in [3.8, 4) is 0 Å². The highest BCUT2D eigenvalue weighted by Gasteiger charge is 2.21. The number of halogens is 1. The molecule has 1 aliphatic carbocycles. The fourth-order valence-corrected chi connectivity index (χ4v) is 1.69. The molecule has 0 saturated heterocycles. The average molecular weight is 145 g/mol. The maximum atomic E-state index is 12.9. The molecule has 1 saturated carbocycles. The predicted octanol–water partition coefficient (Wildman–Crippen LogP) is 1.86. The van der Waals surface area contributed by atoms with E-state index in [9.17, 15) is 4.39 Å². The molecule has 0 amide bonds. The summed E-state index contributed by atoms with van der Waals surface area (Å²) in [5.41, 5.74) is 5.23. The lowest BCUT2D eigenvalue weighted by atomic mass is 9.86. The van der Waals surface area contributed by atoms with E-state index in [0.717, 1.165) is 12.8 Å².